The van der Waals surface area contributed by atoms with Gasteiger partial charge in [-0.05, 0) is 43.8 Å². The molecule has 0 aliphatic carbocycles. The number of hydrogen-bond acceptors (Lipinski definition) is 2. The fourth-order valence-electron chi connectivity index (χ4n) is 1.92. The smallest absolute Gasteiger partial charge is 0.137 e. The van der Waals surface area contributed by atoms with Crippen LogP contribution in [0.5, 0.6) is 0 Å². The van der Waals surface area contributed by atoms with Gasteiger partial charge >= 0.3 is 0 Å². The maximum absolute atomic E-state index is 13.7. The zero-order chi connectivity index (χ0) is 13.1. The standard InChI is InChI=1S/C14H15BrFNO/c1-3-12(17-2)14-7-6-13(18-14)10-8-9(15)4-5-11(10)16/h4-8,12,17H,3H2,1-2H3. The van der Waals surface area contributed by atoms with Gasteiger partial charge in [-0.2, -0.15) is 0 Å². The second-order valence-electron chi connectivity index (χ2n) is 4.08. The van der Waals surface area contributed by atoms with Crippen molar-refractivity contribution in [1.82, 2.24) is 5.32 Å². The summed E-state index contributed by atoms with van der Waals surface area (Å²) < 4.78 is 20.3. The van der Waals surface area contributed by atoms with Crippen LogP contribution in [0.1, 0.15) is 25.1 Å². The van der Waals surface area contributed by atoms with E-state index in [1.807, 2.05) is 13.1 Å². The summed E-state index contributed by atoms with van der Waals surface area (Å²) >= 11 is 3.34. The number of hydrogen-bond donors (Lipinski definition) is 1. The Bertz CT molecular complexity index is 534. The van der Waals surface area contributed by atoms with Gasteiger partial charge in [0.1, 0.15) is 17.3 Å². The summed E-state index contributed by atoms with van der Waals surface area (Å²) in [6.45, 7) is 2.07. The average molecular weight is 312 g/mol. The molecule has 2 aromatic rings. The predicted molar refractivity (Wildman–Crippen MR) is 73.9 cm³/mol. The molecule has 1 atom stereocenters. The van der Waals surface area contributed by atoms with Crippen LogP contribution in [-0.2, 0) is 0 Å². The van der Waals surface area contributed by atoms with Gasteiger partial charge in [0.2, 0.25) is 0 Å². The fraction of sp³-hybridized carbons (Fsp3) is 0.286. The molecule has 2 rings (SSSR count). The lowest BCUT2D eigenvalue weighted by Gasteiger charge is -2.10. The lowest BCUT2D eigenvalue weighted by Crippen LogP contribution is -2.14. The third kappa shape index (κ3) is 2.65. The molecule has 0 saturated carbocycles. The lowest BCUT2D eigenvalue weighted by molar-refractivity contribution is 0.430. The molecule has 0 spiro atoms. The topological polar surface area (TPSA) is 25.2 Å². The molecule has 4 heteroatoms. The minimum absolute atomic E-state index is 0.161. The normalized spacial score (nSPS) is 12.7. The highest BCUT2D eigenvalue weighted by Gasteiger charge is 2.14. The molecule has 0 fully saturated rings. The SMILES string of the molecule is CCC(NC)c1ccc(-c2cc(Br)ccc2F)o1. The molecule has 96 valence electrons. The van der Waals surface area contributed by atoms with Gasteiger partial charge in [0.15, 0.2) is 0 Å². The first-order valence-corrected chi connectivity index (χ1v) is 6.67. The number of benzene rings is 1. The first-order valence-electron chi connectivity index (χ1n) is 5.88. The lowest BCUT2D eigenvalue weighted by atomic mass is 10.1. The Kier molecular flexibility index (Phi) is 4.19. The minimum Gasteiger partial charge on any atom is -0.459 e. The zero-order valence-corrected chi connectivity index (χ0v) is 11.9. The molecule has 18 heavy (non-hydrogen) atoms. The summed E-state index contributed by atoms with van der Waals surface area (Å²) in [4.78, 5) is 0. The van der Waals surface area contributed by atoms with Crippen molar-refractivity contribution in [2.24, 2.45) is 0 Å². The number of nitrogens with one attached hydrogen (secondary N) is 1. The molecule has 0 saturated heterocycles. The van der Waals surface area contributed by atoms with Crippen molar-refractivity contribution < 1.29 is 8.81 Å². The summed E-state index contributed by atoms with van der Waals surface area (Å²) in [5.74, 6) is 1.10. The van der Waals surface area contributed by atoms with Gasteiger partial charge in [-0.1, -0.05) is 22.9 Å². The number of furan rings is 1. The molecule has 1 N–H and O–H groups in total. The van der Waals surface area contributed by atoms with Crippen LogP contribution in [0.25, 0.3) is 11.3 Å². The highest BCUT2D eigenvalue weighted by molar-refractivity contribution is 9.10. The van der Waals surface area contributed by atoms with E-state index in [4.69, 9.17) is 4.42 Å². The van der Waals surface area contributed by atoms with Gasteiger partial charge in [0.25, 0.3) is 0 Å². The molecular weight excluding hydrogens is 297 g/mol. The first-order chi connectivity index (χ1) is 8.65. The van der Waals surface area contributed by atoms with E-state index in [0.29, 0.717) is 11.3 Å². The van der Waals surface area contributed by atoms with E-state index in [1.54, 1.807) is 18.2 Å². The zero-order valence-electron chi connectivity index (χ0n) is 10.3. The average Bonchev–Trinajstić information content (AvgIpc) is 2.83. The Balaban J connectivity index is 2.37. The van der Waals surface area contributed by atoms with Crippen LogP contribution in [0, 0.1) is 5.82 Å². The molecule has 0 radical (unpaired) electrons. The van der Waals surface area contributed by atoms with Crippen LogP contribution in [0.4, 0.5) is 4.39 Å². The summed E-state index contributed by atoms with van der Waals surface area (Å²) in [5, 5.41) is 3.16. The van der Waals surface area contributed by atoms with Crippen LogP contribution in [0.2, 0.25) is 0 Å². The Morgan fingerprint density at radius 1 is 1.33 bits per heavy atom. The largest absolute Gasteiger partial charge is 0.459 e. The fourth-order valence-corrected chi connectivity index (χ4v) is 2.28. The molecular formula is C14H15BrFNO. The van der Waals surface area contributed by atoms with Crippen molar-refractivity contribution in [3.8, 4) is 11.3 Å². The monoisotopic (exact) mass is 311 g/mol. The van der Waals surface area contributed by atoms with Gasteiger partial charge in [0, 0.05) is 4.47 Å². The molecule has 1 heterocycles. The molecule has 1 aromatic heterocycles. The van der Waals surface area contributed by atoms with Crippen molar-refractivity contribution in [2.45, 2.75) is 19.4 Å². The van der Waals surface area contributed by atoms with Crippen molar-refractivity contribution in [3.63, 3.8) is 0 Å². The van der Waals surface area contributed by atoms with Gasteiger partial charge in [-0.15, -0.1) is 0 Å². The van der Waals surface area contributed by atoms with Gasteiger partial charge in [-0.3, -0.25) is 0 Å². The van der Waals surface area contributed by atoms with E-state index in [-0.39, 0.29) is 11.9 Å². The maximum Gasteiger partial charge on any atom is 0.137 e. The Labute approximate surface area is 114 Å². The molecule has 2 nitrogen and oxygen atoms in total. The Morgan fingerprint density at radius 2 is 2.11 bits per heavy atom. The quantitative estimate of drug-likeness (QED) is 0.898. The van der Waals surface area contributed by atoms with E-state index in [1.165, 1.54) is 6.07 Å². The predicted octanol–water partition coefficient (Wildman–Crippen LogP) is 4.52. The highest BCUT2D eigenvalue weighted by Crippen LogP contribution is 2.30. The minimum atomic E-state index is -0.281. The molecule has 0 aliphatic rings. The first kappa shape index (κ1) is 13.3. The Hall–Kier alpha value is -1.13. The second kappa shape index (κ2) is 5.67. The molecule has 0 amide bonds. The van der Waals surface area contributed by atoms with Crippen LogP contribution in [0.15, 0.2) is 39.2 Å². The number of rotatable bonds is 4. The van der Waals surface area contributed by atoms with E-state index in [2.05, 4.69) is 28.2 Å². The Morgan fingerprint density at radius 3 is 2.78 bits per heavy atom. The van der Waals surface area contributed by atoms with Crippen molar-refractivity contribution >= 4 is 15.9 Å². The van der Waals surface area contributed by atoms with Crippen molar-refractivity contribution in [3.05, 3.63) is 46.4 Å². The highest BCUT2D eigenvalue weighted by atomic mass is 79.9. The van der Waals surface area contributed by atoms with E-state index in [9.17, 15) is 4.39 Å². The molecule has 0 aliphatic heterocycles. The second-order valence-corrected chi connectivity index (χ2v) is 4.99. The van der Waals surface area contributed by atoms with Gasteiger partial charge in [-0.25, -0.2) is 4.39 Å². The van der Waals surface area contributed by atoms with Crippen LogP contribution >= 0.6 is 15.9 Å². The van der Waals surface area contributed by atoms with Crippen molar-refractivity contribution in [2.75, 3.05) is 7.05 Å². The maximum atomic E-state index is 13.7. The summed E-state index contributed by atoms with van der Waals surface area (Å²) in [6, 6.07) is 8.68. The third-order valence-corrected chi connectivity index (χ3v) is 3.41. The summed E-state index contributed by atoms with van der Waals surface area (Å²) in [6.07, 6.45) is 0.921. The summed E-state index contributed by atoms with van der Waals surface area (Å²) in [5.41, 5.74) is 0.474. The van der Waals surface area contributed by atoms with Gasteiger partial charge in [0.05, 0.1) is 11.6 Å². The van der Waals surface area contributed by atoms with E-state index in [0.717, 1.165) is 16.7 Å². The molecule has 1 aromatic carbocycles. The van der Waals surface area contributed by atoms with Crippen LogP contribution < -0.4 is 5.32 Å². The summed E-state index contributed by atoms with van der Waals surface area (Å²) in [7, 11) is 1.88. The van der Waals surface area contributed by atoms with Crippen LogP contribution in [0.3, 0.4) is 0 Å². The van der Waals surface area contributed by atoms with E-state index < -0.39 is 0 Å². The van der Waals surface area contributed by atoms with Gasteiger partial charge < -0.3 is 9.73 Å². The molecule has 1 unspecified atom stereocenters. The molecule has 0 bridgehead atoms. The third-order valence-electron chi connectivity index (χ3n) is 2.92. The van der Waals surface area contributed by atoms with Crippen molar-refractivity contribution in [1.29, 1.82) is 0 Å². The van der Waals surface area contributed by atoms with Crippen LogP contribution in [-0.4, -0.2) is 7.05 Å². The van der Waals surface area contributed by atoms with E-state index >= 15 is 0 Å². The number of halogens is 2.